The molecule has 1 saturated heterocycles. The summed E-state index contributed by atoms with van der Waals surface area (Å²) in [6, 6.07) is 27.7. The molecule has 0 aliphatic carbocycles. The molecule has 164 valence electrons. The maximum Gasteiger partial charge on any atom is 0.321 e. The molecular formula is C27H29N3O2. The number of rotatable bonds is 5. The van der Waals surface area contributed by atoms with Crippen molar-refractivity contribution >= 4 is 17.6 Å². The van der Waals surface area contributed by atoms with Gasteiger partial charge in [0, 0.05) is 18.8 Å². The molecule has 3 aromatic rings. The van der Waals surface area contributed by atoms with E-state index in [1.165, 1.54) is 5.56 Å². The summed E-state index contributed by atoms with van der Waals surface area (Å²) in [5.74, 6) is -0.196. The van der Waals surface area contributed by atoms with Crippen molar-refractivity contribution in [1.82, 2.24) is 10.2 Å². The van der Waals surface area contributed by atoms with E-state index in [1.54, 1.807) is 4.90 Å². The molecule has 0 bridgehead atoms. The number of carbonyl (C=O) groups is 2. The van der Waals surface area contributed by atoms with Crippen LogP contribution in [0.5, 0.6) is 0 Å². The van der Waals surface area contributed by atoms with Crippen molar-refractivity contribution in [2.45, 2.75) is 25.8 Å². The summed E-state index contributed by atoms with van der Waals surface area (Å²) in [6.45, 7) is 3.10. The molecule has 2 N–H and O–H groups in total. The lowest BCUT2D eigenvalue weighted by Gasteiger charge is -2.32. The van der Waals surface area contributed by atoms with Crippen LogP contribution in [0.4, 0.5) is 10.5 Å². The Morgan fingerprint density at radius 1 is 0.875 bits per heavy atom. The zero-order chi connectivity index (χ0) is 22.3. The minimum absolute atomic E-state index is 0.00171. The van der Waals surface area contributed by atoms with Crippen LogP contribution in [0.1, 0.15) is 31.4 Å². The molecule has 1 aliphatic rings. The molecule has 0 spiro atoms. The molecule has 1 aliphatic heterocycles. The molecule has 3 amide bonds. The first kappa shape index (κ1) is 21.6. The molecule has 0 aromatic heterocycles. The van der Waals surface area contributed by atoms with Gasteiger partial charge in [-0.05, 0) is 48.6 Å². The number of carbonyl (C=O) groups excluding carboxylic acids is 2. The zero-order valence-corrected chi connectivity index (χ0v) is 18.3. The van der Waals surface area contributed by atoms with Crippen LogP contribution in [0.25, 0.3) is 11.1 Å². The Morgan fingerprint density at radius 3 is 2.19 bits per heavy atom. The van der Waals surface area contributed by atoms with Crippen molar-refractivity contribution in [3.8, 4) is 11.1 Å². The van der Waals surface area contributed by atoms with Gasteiger partial charge < -0.3 is 15.5 Å². The second kappa shape index (κ2) is 10.1. The first-order chi connectivity index (χ1) is 15.6. The number of para-hydroxylation sites is 1. The topological polar surface area (TPSA) is 61.4 Å². The van der Waals surface area contributed by atoms with Crippen molar-refractivity contribution in [3.05, 3.63) is 90.5 Å². The number of nitrogens with one attached hydrogen (secondary N) is 2. The Kier molecular flexibility index (Phi) is 6.85. The Morgan fingerprint density at radius 2 is 1.50 bits per heavy atom. The fourth-order valence-electron chi connectivity index (χ4n) is 4.11. The maximum absolute atomic E-state index is 12.9. The molecule has 1 heterocycles. The fourth-order valence-corrected chi connectivity index (χ4v) is 4.11. The Labute approximate surface area is 189 Å². The van der Waals surface area contributed by atoms with Crippen LogP contribution < -0.4 is 10.6 Å². The lowest BCUT2D eigenvalue weighted by atomic mass is 9.96. The van der Waals surface area contributed by atoms with Crippen LogP contribution in [0.2, 0.25) is 0 Å². The highest BCUT2D eigenvalue weighted by atomic mass is 16.2. The fraction of sp³-hybridized carbons (Fsp3) is 0.259. The average molecular weight is 428 g/mol. The van der Waals surface area contributed by atoms with Crippen molar-refractivity contribution in [1.29, 1.82) is 0 Å². The van der Waals surface area contributed by atoms with E-state index >= 15 is 0 Å². The van der Waals surface area contributed by atoms with Gasteiger partial charge in [0.05, 0.1) is 12.0 Å². The monoisotopic (exact) mass is 427 g/mol. The number of benzene rings is 3. The van der Waals surface area contributed by atoms with Gasteiger partial charge >= 0.3 is 6.03 Å². The molecule has 0 unspecified atom stereocenters. The van der Waals surface area contributed by atoms with E-state index < -0.39 is 0 Å². The van der Waals surface area contributed by atoms with Crippen LogP contribution in [0.15, 0.2) is 84.9 Å². The first-order valence-electron chi connectivity index (χ1n) is 11.2. The molecule has 1 fully saturated rings. The molecule has 0 radical (unpaired) electrons. The molecule has 3 aromatic carbocycles. The van der Waals surface area contributed by atoms with Gasteiger partial charge in [0.25, 0.3) is 0 Å². The van der Waals surface area contributed by atoms with E-state index in [1.807, 2.05) is 55.5 Å². The lowest BCUT2D eigenvalue weighted by Crippen LogP contribution is -2.47. The van der Waals surface area contributed by atoms with Crippen molar-refractivity contribution in [2.24, 2.45) is 5.92 Å². The van der Waals surface area contributed by atoms with Gasteiger partial charge in [0.1, 0.15) is 0 Å². The third-order valence-electron chi connectivity index (χ3n) is 5.98. The summed E-state index contributed by atoms with van der Waals surface area (Å²) in [5, 5.41) is 6.05. The summed E-state index contributed by atoms with van der Waals surface area (Å²) in [6.07, 6.45) is 1.61. The zero-order valence-electron chi connectivity index (χ0n) is 18.3. The van der Waals surface area contributed by atoms with Crippen LogP contribution >= 0.6 is 0 Å². The van der Waals surface area contributed by atoms with Gasteiger partial charge in [-0.15, -0.1) is 0 Å². The number of hydrogen-bond acceptors (Lipinski definition) is 2. The van der Waals surface area contributed by atoms with E-state index in [2.05, 4.69) is 47.0 Å². The van der Waals surface area contributed by atoms with Crippen LogP contribution in [-0.2, 0) is 4.79 Å². The molecule has 0 saturated carbocycles. The molecule has 5 heteroatoms. The minimum atomic E-state index is -0.198. The van der Waals surface area contributed by atoms with Crippen LogP contribution in [0, 0.1) is 5.92 Å². The van der Waals surface area contributed by atoms with Crippen molar-refractivity contribution in [3.63, 3.8) is 0 Å². The number of urea groups is 1. The van der Waals surface area contributed by atoms with Gasteiger partial charge in [-0.2, -0.15) is 0 Å². The summed E-state index contributed by atoms with van der Waals surface area (Å²) in [7, 11) is 0. The van der Waals surface area contributed by atoms with E-state index in [0.29, 0.717) is 13.1 Å². The molecule has 4 rings (SSSR count). The third kappa shape index (κ3) is 5.35. The first-order valence-corrected chi connectivity index (χ1v) is 11.2. The smallest absolute Gasteiger partial charge is 0.321 e. The van der Waals surface area contributed by atoms with Gasteiger partial charge in [-0.3, -0.25) is 4.79 Å². The van der Waals surface area contributed by atoms with E-state index in [-0.39, 0.29) is 23.9 Å². The van der Waals surface area contributed by atoms with Gasteiger partial charge in [-0.1, -0.05) is 72.8 Å². The highest BCUT2D eigenvalue weighted by Gasteiger charge is 2.29. The third-order valence-corrected chi connectivity index (χ3v) is 5.98. The summed E-state index contributed by atoms with van der Waals surface area (Å²) < 4.78 is 0. The Hall–Kier alpha value is -3.60. The van der Waals surface area contributed by atoms with E-state index in [4.69, 9.17) is 0 Å². The normalized spacial score (nSPS) is 16.8. The maximum atomic E-state index is 12.9. The Bertz CT molecular complexity index is 1040. The number of hydrogen-bond donors (Lipinski definition) is 2. The predicted octanol–water partition coefficient (Wildman–Crippen LogP) is 5.47. The van der Waals surface area contributed by atoms with Gasteiger partial charge in [0.15, 0.2) is 0 Å². The van der Waals surface area contributed by atoms with Crippen LogP contribution in [0.3, 0.4) is 0 Å². The van der Waals surface area contributed by atoms with Gasteiger partial charge in [0.2, 0.25) is 5.91 Å². The lowest BCUT2D eigenvalue weighted by molar-refractivity contribution is -0.126. The predicted molar refractivity (Wildman–Crippen MR) is 128 cm³/mol. The number of amides is 3. The largest absolute Gasteiger partial charge is 0.349 e. The Balaban J connectivity index is 1.33. The number of anilines is 1. The second-order valence-corrected chi connectivity index (χ2v) is 8.30. The second-order valence-electron chi connectivity index (χ2n) is 8.30. The van der Waals surface area contributed by atoms with Crippen LogP contribution in [-0.4, -0.2) is 29.9 Å². The van der Waals surface area contributed by atoms with Crippen molar-refractivity contribution < 1.29 is 9.59 Å². The highest BCUT2D eigenvalue weighted by Crippen LogP contribution is 2.23. The quantitative estimate of drug-likeness (QED) is 0.567. The number of likely N-dealkylation sites (tertiary alicyclic amines) is 1. The SMILES string of the molecule is C[C@H](NC(=O)[C@H]1CCCN(C(=O)Nc2ccccc2)C1)c1ccc(-c2ccccc2)cc1. The average Bonchev–Trinajstić information content (AvgIpc) is 2.85. The molecule has 32 heavy (non-hydrogen) atoms. The number of nitrogens with zero attached hydrogens (tertiary/aromatic N) is 1. The summed E-state index contributed by atoms with van der Waals surface area (Å²) >= 11 is 0. The molecular weight excluding hydrogens is 398 g/mol. The standard InChI is InChI=1S/C27H29N3O2/c1-20(21-14-16-23(17-15-21)22-9-4-2-5-10-22)28-26(31)24-11-8-18-30(19-24)27(32)29-25-12-6-3-7-13-25/h2-7,9-10,12-17,20,24H,8,11,18-19H2,1H3,(H,28,31)(H,29,32)/t20-,24-/m0/s1. The highest BCUT2D eigenvalue weighted by molar-refractivity contribution is 5.90. The number of piperidine rings is 1. The van der Waals surface area contributed by atoms with E-state index in [0.717, 1.165) is 29.7 Å². The van der Waals surface area contributed by atoms with E-state index in [9.17, 15) is 9.59 Å². The minimum Gasteiger partial charge on any atom is -0.349 e. The summed E-state index contributed by atoms with van der Waals surface area (Å²) in [4.78, 5) is 27.3. The molecule has 2 atom stereocenters. The van der Waals surface area contributed by atoms with Crippen molar-refractivity contribution in [2.75, 3.05) is 18.4 Å². The van der Waals surface area contributed by atoms with Gasteiger partial charge in [-0.25, -0.2) is 4.79 Å². The molecule has 5 nitrogen and oxygen atoms in total. The summed E-state index contributed by atoms with van der Waals surface area (Å²) in [5.41, 5.74) is 4.15.